The normalized spacial score (nSPS) is 19.6. The van der Waals surface area contributed by atoms with Gasteiger partial charge in [-0.2, -0.15) is 0 Å². The van der Waals surface area contributed by atoms with E-state index in [0.717, 1.165) is 32.1 Å². The third-order valence-electron chi connectivity index (χ3n) is 9.59. The molecule has 3 rings (SSSR count). The van der Waals surface area contributed by atoms with E-state index in [2.05, 4.69) is 17.1 Å². The first-order chi connectivity index (χ1) is 22.2. The molecule has 0 aliphatic carbocycles. The Labute approximate surface area is 279 Å². The molecule has 0 radical (unpaired) electrons. The van der Waals surface area contributed by atoms with Gasteiger partial charge in [0.1, 0.15) is 29.3 Å². The third kappa shape index (κ3) is 10.3. The number of nitrogens with one attached hydrogen (secondary N) is 1. The fraction of sp³-hybridized carbons (Fsp3) is 0.706. The zero-order valence-corrected chi connectivity index (χ0v) is 29.7. The van der Waals surface area contributed by atoms with E-state index in [1.54, 1.807) is 28.9 Å². The first-order valence-corrected chi connectivity index (χ1v) is 18.7. The van der Waals surface area contributed by atoms with Crippen LogP contribution in [0.4, 0.5) is 0 Å². The van der Waals surface area contributed by atoms with Gasteiger partial charge in [-0.05, 0) is 56.8 Å². The monoisotopic (exact) mass is 678 g/mol. The molecule has 13 heteroatoms. The number of phosphoric acid groups is 1. The Morgan fingerprint density at radius 1 is 1.02 bits per heavy atom. The van der Waals surface area contributed by atoms with Crippen molar-refractivity contribution >= 4 is 31.3 Å². The van der Waals surface area contributed by atoms with Crippen LogP contribution in [-0.2, 0) is 30.2 Å². The Bertz CT molecular complexity index is 1260. The number of amides is 3. The molecule has 2 fully saturated rings. The van der Waals surface area contributed by atoms with E-state index >= 15 is 0 Å². The number of hydrogen-bond acceptors (Lipinski definition) is 7. The Morgan fingerprint density at radius 2 is 1.66 bits per heavy atom. The van der Waals surface area contributed by atoms with E-state index in [-0.39, 0.29) is 41.6 Å². The summed E-state index contributed by atoms with van der Waals surface area (Å²) in [6.07, 6.45) is 7.56. The molecule has 2 saturated heterocycles. The molecule has 3 amide bonds. The van der Waals surface area contributed by atoms with Crippen molar-refractivity contribution in [1.82, 2.24) is 20.0 Å². The van der Waals surface area contributed by atoms with Gasteiger partial charge in [0.05, 0.1) is 0 Å². The summed E-state index contributed by atoms with van der Waals surface area (Å²) in [6, 6.07) is 4.56. The molecule has 47 heavy (non-hydrogen) atoms. The highest BCUT2D eigenvalue weighted by molar-refractivity contribution is 7.46. The molecule has 2 aliphatic heterocycles. The number of rotatable bonds is 18. The molecule has 3 N–H and O–H groups in total. The van der Waals surface area contributed by atoms with Crippen molar-refractivity contribution in [1.29, 1.82) is 0 Å². The molecule has 12 nitrogen and oxygen atoms in total. The summed E-state index contributed by atoms with van der Waals surface area (Å²) in [7, 11) is -2.72. The molecule has 3 unspecified atom stereocenters. The van der Waals surface area contributed by atoms with E-state index in [1.807, 2.05) is 20.9 Å². The first-order valence-electron chi connectivity index (χ1n) is 17.2. The minimum atomic E-state index is -4.73. The van der Waals surface area contributed by atoms with Crippen molar-refractivity contribution in [3.63, 3.8) is 0 Å². The Hall–Kier alpha value is -2.79. The van der Waals surface area contributed by atoms with Gasteiger partial charge in [0.2, 0.25) is 17.7 Å². The summed E-state index contributed by atoms with van der Waals surface area (Å²) in [5, 5.41) is 3.08. The van der Waals surface area contributed by atoms with Gasteiger partial charge in [-0.15, -0.1) is 0 Å². The van der Waals surface area contributed by atoms with Crippen LogP contribution in [0.2, 0.25) is 0 Å². The van der Waals surface area contributed by atoms with E-state index in [4.69, 9.17) is 4.52 Å². The van der Waals surface area contributed by atoms with Gasteiger partial charge < -0.3 is 29.3 Å². The van der Waals surface area contributed by atoms with Crippen molar-refractivity contribution in [2.24, 2.45) is 5.92 Å². The van der Waals surface area contributed by atoms with E-state index in [0.29, 0.717) is 63.7 Å². The molecule has 264 valence electrons. The lowest BCUT2D eigenvalue weighted by Gasteiger charge is -2.51. The van der Waals surface area contributed by atoms with E-state index < -0.39 is 25.6 Å². The number of nitrogens with zero attached hydrogens (tertiary/aromatic N) is 3. The van der Waals surface area contributed by atoms with E-state index in [1.165, 1.54) is 12.1 Å². The predicted octanol–water partition coefficient (Wildman–Crippen LogP) is 4.42. The average molecular weight is 679 g/mol. The molecule has 0 aromatic heterocycles. The smallest absolute Gasteiger partial charge is 0.404 e. The van der Waals surface area contributed by atoms with Crippen LogP contribution in [0.3, 0.4) is 0 Å². The quantitative estimate of drug-likeness (QED) is 0.151. The van der Waals surface area contributed by atoms with Gasteiger partial charge in [0, 0.05) is 51.7 Å². The number of Topliss-reactive ketones (excluding diaryl/α,β-unsaturated/α-hetero) is 1. The zero-order chi connectivity index (χ0) is 34.8. The zero-order valence-electron chi connectivity index (χ0n) is 28.8. The first kappa shape index (κ1) is 38.7. The lowest BCUT2D eigenvalue weighted by Crippen LogP contribution is -2.66. The maximum absolute atomic E-state index is 14.8. The molecule has 2 aliphatic rings. The van der Waals surface area contributed by atoms with Crippen LogP contribution in [0.5, 0.6) is 5.75 Å². The predicted molar refractivity (Wildman–Crippen MR) is 179 cm³/mol. The number of piperidine rings is 1. The van der Waals surface area contributed by atoms with Crippen molar-refractivity contribution < 1.29 is 38.1 Å². The number of benzene rings is 1. The minimum absolute atomic E-state index is 0.00413. The Kier molecular flexibility index (Phi) is 14.4. The highest BCUT2D eigenvalue weighted by Crippen LogP contribution is 2.45. The summed E-state index contributed by atoms with van der Waals surface area (Å²) in [6.45, 7) is 9.39. The van der Waals surface area contributed by atoms with Gasteiger partial charge in [-0.1, -0.05) is 58.6 Å². The van der Waals surface area contributed by atoms with Gasteiger partial charge in [0.25, 0.3) is 0 Å². The summed E-state index contributed by atoms with van der Waals surface area (Å²) in [5.74, 6) is -0.607. The van der Waals surface area contributed by atoms with Crippen LogP contribution in [-0.4, -0.2) is 92.4 Å². The maximum Gasteiger partial charge on any atom is 0.524 e. The number of ketones is 1. The number of carbonyl (C=O) groups is 4. The number of hydrogen-bond donors (Lipinski definition) is 3. The lowest BCUT2D eigenvalue weighted by atomic mass is 9.88. The van der Waals surface area contributed by atoms with Gasteiger partial charge in [0.15, 0.2) is 0 Å². The van der Waals surface area contributed by atoms with Crippen LogP contribution in [0.1, 0.15) is 104 Å². The molecular weight excluding hydrogens is 623 g/mol. The number of likely N-dealkylation sites (tertiary alicyclic amines) is 1. The molecule has 1 aromatic carbocycles. The van der Waals surface area contributed by atoms with Gasteiger partial charge in [-0.25, -0.2) is 4.57 Å². The number of unbranched alkanes of at least 4 members (excludes halogenated alkanes) is 4. The Balaban J connectivity index is 2.01. The number of carbonyl (C=O) groups excluding carboxylic acids is 4. The summed E-state index contributed by atoms with van der Waals surface area (Å²) < 4.78 is 16.0. The molecule has 1 spiro atoms. The van der Waals surface area contributed by atoms with Crippen molar-refractivity contribution in [3.05, 3.63) is 29.8 Å². The molecule has 1 aromatic rings. The topological polar surface area (TPSA) is 157 Å². The molecule has 3 atom stereocenters. The summed E-state index contributed by atoms with van der Waals surface area (Å²) in [5.41, 5.74) is -0.263. The Morgan fingerprint density at radius 3 is 2.23 bits per heavy atom. The largest absolute Gasteiger partial charge is 0.524 e. The van der Waals surface area contributed by atoms with E-state index in [9.17, 15) is 33.5 Å². The van der Waals surface area contributed by atoms with Crippen molar-refractivity contribution in [2.75, 3.05) is 26.7 Å². The number of phosphoric ester groups is 1. The fourth-order valence-electron chi connectivity index (χ4n) is 6.86. The minimum Gasteiger partial charge on any atom is -0.404 e. The van der Waals surface area contributed by atoms with Crippen LogP contribution < -0.4 is 9.84 Å². The summed E-state index contributed by atoms with van der Waals surface area (Å²) >= 11 is 0. The molecule has 0 bridgehead atoms. The SMILES string of the molecule is CCCCCC(=O)N1C(Cc2ccc(OP(=O)(O)O)cc2)C(=O)N(C(C(=O)NCCCCCC(C)=O)C(C)CC)C12CCN(C)CC2. The van der Waals surface area contributed by atoms with Crippen LogP contribution >= 0.6 is 7.82 Å². The van der Waals surface area contributed by atoms with Gasteiger partial charge >= 0.3 is 7.82 Å². The average Bonchev–Trinajstić information content (AvgIpc) is 3.23. The molecular formula is C34H55N4O8P. The summed E-state index contributed by atoms with van der Waals surface area (Å²) in [4.78, 5) is 78.5. The highest BCUT2D eigenvalue weighted by Gasteiger charge is 2.62. The molecule has 2 heterocycles. The highest BCUT2D eigenvalue weighted by atomic mass is 31.2. The molecule has 0 saturated carbocycles. The standard InChI is InChI=1S/C34H55N4O8P/c1-6-8-10-14-30(40)37-29(24-27-15-17-28(18-16-27)46-47(43,44)45)33(42)38(34(37)19-22-36(5)23-20-34)31(25(3)7-2)32(41)35-21-12-9-11-13-26(4)39/h15-18,25,29,31H,6-14,19-24H2,1-5H3,(H,35,41)(H2,43,44,45). The van der Waals surface area contributed by atoms with Crippen LogP contribution in [0.15, 0.2) is 24.3 Å². The second-order valence-corrected chi connectivity index (χ2v) is 14.5. The fourth-order valence-corrected chi connectivity index (χ4v) is 7.26. The van der Waals surface area contributed by atoms with Crippen molar-refractivity contribution in [3.8, 4) is 5.75 Å². The van der Waals surface area contributed by atoms with Gasteiger partial charge in [-0.3, -0.25) is 24.2 Å². The van der Waals surface area contributed by atoms with Crippen LogP contribution in [0, 0.1) is 5.92 Å². The van der Waals surface area contributed by atoms with Crippen LogP contribution in [0.25, 0.3) is 0 Å². The van der Waals surface area contributed by atoms with Crippen molar-refractivity contribution in [2.45, 2.75) is 122 Å². The third-order valence-corrected chi connectivity index (χ3v) is 10.0. The lowest BCUT2D eigenvalue weighted by molar-refractivity contribution is -0.156. The second kappa shape index (κ2) is 17.6. The second-order valence-electron chi connectivity index (χ2n) is 13.3. The maximum atomic E-state index is 14.8.